The van der Waals surface area contributed by atoms with Crippen LogP contribution in [0, 0.1) is 11.7 Å². The molecule has 1 amide bonds. The molecule has 2 aromatic rings. The summed E-state index contributed by atoms with van der Waals surface area (Å²) in [6, 6.07) is 2.66. The van der Waals surface area contributed by atoms with Crippen molar-refractivity contribution in [3.63, 3.8) is 0 Å². The monoisotopic (exact) mass is 357 g/mol. The van der Waals surface area contributed by atoms with Gasteiger partial charge in [-0.3, -0.25) is 4.79 Å². The molecule has 0 spiro atoms. The Balaban J connectivity index is 1.47. The predicted octanol–water partition coefficient (Wildman–Crippen LogP) is 2.26. The molecule has 8 heteroatoms. The zero-order chi connectivity index (χ0) is 18.1. The van der Waals surface area contributed by atoms with E-state index in [1.807, 2.05) is 16.4 Å². The van der Waals surface area contributed by atoms with Crippen molar-refractivity contribution in [2.24, 2.45) is 5.92 Å². The number of fused-ring (bicyclic) bond motifs is 1. The van der Waals surface area contributed by atoms with E-state index < -0.39 is 5.82 Å². The zero-order valence-electron chi connectivity index (χ0n) is 14.5. The smallest absolute Gasteiger partial charge is 0.250 e. The number of hydrogen-bond donors (Lipinski definition) is 0. The Kier molecular flexibility index (Phi) is 4.40. The third kappa shape index (κ3) is 2.95. The van der Waals surface area contributed by atoms with E-state index in [9.17, 15) is 9.18 Å². The highest BCUT2D eigenvalue weighted by Gasteiger charge is 2.34. The Hall–Kier alpha value is -2.77. The van der Waals surface area contributed by atoms with Crippen LogP contribution in [0.4, 0.5) is 4.39 Å². The van der Waals surface area contributed by atoms with Gasteiger partial charge in [0.1, 0.15) is 6.61 Å². The van der Waals surface area contributed by atoms with Gasteiger partial charge >= 0.3 is 0 Å². The molecule has 1 aliphatic carbocycles. The van der Waals surface area contributed by atoms with Gasteiger partial charge in [-0.25, -0.2) is 9.37 Å². The van der Waals surface area contributed by atoms with Gasteiger partial charge in [-0.2, -0.15) is 0 Å². The topological polar surface area (TPSA) is 73.1 Å². The number of halogens is 1. The molecule has 0 bridgehead atoms. The van der Waals surface area contributed by atoms with Crippen molar-refractivity contribution in [3.05, 3.63) is 47.9 Å². The maximum atomic E-state index is 13.6. The van der Waals surface area contributed by atoms with Gasteiger partial charge in [0.15, 0.2) is 17.5 Å². The van der Waals surface area contributed by atoms with Crippen molar-refractivity contribution in [2.45, 2.75) is 39.0 Å². The average Bonchev–Trinajstić information content (AvgIpc) is 3.31. The molecule has 0 saturated carbocycles. The number of hydrogen-bond acceptors (Lipinski definition) is 5. The van der Waals surface area contributed by atoms with E-state index in [-0.39, 0.29) is 30.4 Å². The summed E-state index contributed by atoms with van der Waals surface area (Å²) in [7, 11) is 0. The van der Waals surface area contributed by atoms with Crippen LogP contribution in [0.25, 0.3) is 0 Å². The number of aromatic nitrogens is 4. The molecule has 0 unspecified atom stereocenters. The minimum absolute atomic E-state index is 0.0434. The van der Waals surface area contributed by atoms with Crippen molar-refractivity contribution < 1.29 is 13.9 Å². The number of carbonyl (C=O) groups is 1. The first kappa shape index (κ1) is 16.7. The van der Waals surface area contributed by atoms with Crippen LogP contribution < -0.4 is 4.74 Å². The van der Waals surface area contributed by atoms with Crippen LogP contribution in [0.5, 0.6) is 5.88 Å². The van der Waals surface area contributed by atoms with Gasteiger partial charge in [-0.15, -0.1) is 10.2 Å². The second kappa shape index (κ2) is 6.86. The van der Waals surface area contributed by atoms with Crippen molar-refractivity contribution in [2.75, 3.05) is 6.54 Å². The Morgan fingerprint density at radius 1 is 1.31 bits per heavy atom. The van der Waals surface area contributed by atoms with Crippen LogP contribution in [-0.4, -0.2) is 37.1 Å². The molecule has 1 atom stereocenters. The van der Waals surface area contributed by atoms with E-state index in [1.54, 1.807) is 0 Å². The van der Waals surface area contributed by atoms with Crippen molar-refractivity contribution in [1.29, 1.82) is 0 Å². The minimum atomic E-state index is -0.513. The number of pyridine rings is 1. The third-order valence-corrected chi connectivity index (χ3v) is 4.96. The molecule has 0 saturated heterocycles. The van der Waals surface area contributed by atoms with Crippen LogP contribution >= 0.6 is 0 Å². The van der Waals surface area contributed by atoms with E-state index in [2.05, 4.69) is 27.3 Å². The summed E-state index contributed by atoms with van der Waals surface area (Å²) in [5.74, 6) is 0.981. The van der Waals surface area contributed by atoms with Crippen LogP contribution in [-0.2, 0) is 17.9 Å². The Bertz CT molecular complexity index is 842. The maximum Gasteiger partial charge on any atom is 0.250 e. The van der Waals surface area contributed by atoms with Crippen molar-refractivity contribution >= 4 is 5.91 Å². The summed E-state index contributed by atoms with van der Waals surface area (Å²) in [5.41, 5.74) is 0. The van der Waals surface area contributed by atoms with Gasteiger partial charge in [-0.05, 0) is 31.9 Å². The lowest BCUT2D eigenvalue weighted by atomic mass is 10.0. The third-order valence-electron chi connectivity index (χ3n) is 4.96. The molecule has 1 aliphatic heterocycles. The minimum Gasteiger partial charge on any atom is -0.467 e. The van der Waals surface area contributed by atoms with E-state index in [1.165, 1.54) is 18.3 Å². The molecule has 7 nitrogen and oxygen atoms in total. The Labute approximate surface area is 150 Å². The van der Waals surface area contributed by atoms with Gasteiger partial charge in [0.05, 0.1) is 6.04 Å². The molecule has 136 valence electrons. The van der Waals surface area contributed by atoms with Gasteiger partial charge in [0, 0.05) is 25.2 Å². The molecule has 3 heterocycles. The number of nitrogens with zero attached hydrogens (tertiary/aromatic N) is 5. The summed E-state index contributed by atoms with van der Waals surface area (Å²) in [6.45, 7) is 3.24. The maximum absolute atomic E-state index is 13.6. The Morgan fingerprint density at radius 3 is 2.88 bits per heavy atom. The van der Waals surface area contributed by atoms with Crippen LogP contribution in [0.1, 0.15) is 37.5 Å². The number of carbonyl (C=O) groups excluding carboxylic acids is 1. The molecular weight excluding hydrogens is 337 g/mol. The first-order chi connectivity index (χ1) is 12.6. The molecule has 26 heavy (non-hydrogen) atoms. The standard InChI is InChI=1S/C18H20FN5O2/c1-12-16-22-21-15(11-26-17-14(19)7-4-8-20-17)24(16)10-9-23(12)18(25)13-5-2-3-6-13/h2-4,7-8,12-13H,5-6,9-11H2,1H3/t12-/m0/s1. The average molecular weight is 357 g/mol. The molecule has 0 N–H and O–H groups in total. The summed E-state index contributed by atoms with van der Waals surface area (Å²) >= 11 is 0. The summed E-state index contributed by atoms with van der Waals surface area (Å²) in [5, 5.41) is 8.41. The quantitative estimate of drug-likeness (QED) is 0.785. The van der Waals surface area contributed by atoms with Crippen molar-refractivity contribution in [3.8, 4) is 5.88 Å². The van der Waals surface area contributed by atoms with Crippen LogP contribution in [0.3, 0.4) is 0 Å². The molecule has 4 rings (SSSR count). The summed E-state index contributed by atoms with van der Waals surface area (Å²) in [6.07, 6.45) is 7.21. The van der Waals surface area contributed by atoms with Crippen molar-refractivity contribution in [1.82, 2.24) is 24.6 Å². The first-order valence-corrected chi connectivity index (χ1v) is 8.76. The van der Waals surface area contributed by atoms with Gasteiger partial charge in [0.25, 0.3) is 5.88 Å². The lowest BCUT2D eigenvalue weighted by Crippen LogP contribution is -2.44. The Morgan fingerprint density at radius 2 is 2.12 bits per heavy atom. The second-order valence-electron chi connectivity index (χ2n) is 6.55. The fourth-order valence-corrected chi connectivity index (χ4v) is 3.51. The fourth-order valence-electron chi connectivity index (χ4n) is 3.51. The number of ether oxygens (including phenoxy) is 1. The zero-order valence-corrected chi connectivity index (χ0v) is 14.5. The number of allylic oxidation sites excluding steroid dienone is 2. The normalized spacial score (nSPS) is 19.6. The fraction of sp³-hybridized carbons (Fsp3) is 0.444. The second-order valence-corrected chi connectivity index (χ2v) is 6.55. The SMILES string of the molecule is C[C@H]1c2nnc(COc3ncccc3F)n2CCN1C(=O)C1CC=CC1. The molecule has 2 aromatic heterocycles. The van der Waals surface area contributed by atoms with Crippen LogP contribution in [0.2, 0.25) is 0 Å². The lowest BCUT2D eigenvalue weighted by Gasteiger charge is -2.35. The largest absolute Gasteiger partial charge is 0.467 e. The summed E-state index contributed by atoms with van der Waals surface area (Å²) in [4.78, 5) is 18.5. The van der Waals surface area contributed by atoms with E-state index in [0.717, 1.165) is 18.7 Å². The molecule has 2 aliphatic rings. The number of amides is 1. The highest BCUT2D eigenvalue weighted by molar-refractivity contribution is 5.80. The summed E-state index contributed by atoms with van der Waals surface area (Å²) < 4.78 is 21.0. The van der Waals surface area contributed by atoms with E-state index in [0.29, 0.717) is 18.9 Å². The predicted molar refractivity (Wildman–Crippen MR) is 90.5 cm³/mol. The van der Waals surface area contributed by atoms with Crippen LogP contribution in [0.15, 0.2) is 30.5 Å². The highest BCUT2D eigenvalue weighted by Crippen LogP contribution is 2.29. The van der Waals surface area contributed by atoms with Gasteiger partial charge in [0.2, 0.25) is 5.91 Å². The molecule has 0 radical (unpaired) electrons. The lowest BCUT2D eigenvalue weighted by molar-refractivity contribution is -0.138. The number of rotatable bonds is 4. The first-order valence-electron chi connectivity index (χ1n) is 8.76. The van der Waals surface area contributed by atoms with E-state index >= 15 is 0 Å². The molecule has 0 aromatic carbocycles. The highest BCUT2D eigenvalue weighted by atomic mass is 19.1. The van der Waals surface area contributed by atoms with Gasteiger partial charge in [-0.1, -0.05) is 12.2 Å². The van der Waals surface area contributed by atoms with E-state index in [4.69, 9.17) is 4.74 Å². The molecular formula is C18H20FN5O2. The molecule has 0 fully saturated rings. The van der Waals surface area contributed by atoms with Gasteiger partial charge < -0.3 is 14.2 Å².